The summed E-state index contributed by atoms with van der Waals surface area (Å²) in [6, 6.07) is 14.3. The maximum atomic E-state index is 6.44. The molecular weight excluding hydrogens is 343 g/mol. The van der Waals surface area contributed by atoms with Crippen molar-refractivity contribution >= 4 is 29.2 Å². The molecule has 0 bridgehead atoms. The van der Waals surface area contributed by atoms with Gasteiger partial charge in [-0.3, -0.25) is 0 Å². The van der Waals surface area contributed by atoms with Gasteiger partial charge < -0.3 is 5.32 Å². The molecule has 24 heavy (non-hydrogen) atoms. The number of halogens is 2. The third-order valence-corrected chi connectivity index (χ3v) is 4.99. The Morgan fingerprint density at radius 3 is 2.67 bits per heavy atom. The van der Waals surface area contributed by atoms with Crippen molar-refractivity contribution in [2.24, 2.45) is 0 Å². The molecule has 2 atom stereocenters. The van der Waals surface area contributed by atoms with Crippen LogP contribution in [0.4, 0.5) is 5.95 Å². The minimum Gasteiger partial charge on any atom is -0.348 e. The van der Waals surface area contributed by atoms with Gasteiger partial charge >= 0.3 is 0 Å². The lowest BCUT2D eigenvalue weighted by Crippen LogP contribution is -2.28. The molecule has 0 unspecified atom stereocenters. The highest BCUT2D eigenvalue weighted by Crippen LogP contribution is 2.40. The van der Waals surface area contributed by atoms with Crippen molar-refractivity contribution in [2.75, 3.05) is 5.32 Å². The maximum absolute atomic E-state index is 6.44. The Hall–Kier alpha value is -2.04. The van der Waals surface area contributed by atoms with Gasteiger partial charge in [-0.15, -0.1) is 0 Å². The molecule has 4 rings (SSSR count). The molecule has 0 fully saturated rings. The van der Waals surface area contributed by atoms with E-state index in [1.54, 1.807) is 12.4 Å². The Balaban J connectivity index is 1.75. The lowest BCUT2D eigenvalue weighted by Gasteiger charge is -2.32. The summed E-state index contributed by atoms with van der Waals surface area (Å²) in [6.45, 7) is 2.09. The summed E-state index contributed by atoms with van der Waals surface area (Å²) in [4.78, 5) is 4.34. The first-order valence-corrected chi connectivity index (χ1v) is 8.55. The number of aromatic nitrogens is 3. The lowest BCUT2D eigenvalue weighted by molar-refractivity contribution is 0.431. The molecule has 2 aromatic carbocycles. The SMILES string of the molecule is Cc1ccc([C@@H]2C[C@@H](c3ccc(Cl)cc3Cl)n3ncnc3N2)cc1. The summed E-state index contributed by atoms with van der Waals surface area (Å²) in [7, 11) is 0. The van der Waals surface area contributed by atoms with E-state index in [9.17, 15) is 0 Å². The second kappa shape index (κ2) is 6.11. The van der Waals surface area contributed by atoms with Crippen molar-refractivity contribution in [2.45, 2.75) is 25.4 Å². The predicted octanol–water partition coefficient (Wildman–Crippen LogP) is 5.04. The van der Waals surface area contributed by atoms with Gasteiger partial charge in [-0.25, -0.2) is 4.68 Å². The number of hydrogen-bond acceptors (Lipinski definition) is 3. The van der Waals surface area contributed by atoms with Gasteiger partial charge in [-0.05, 0) is 36.6 Å². The molecule has 0 amide bonds. The third-order valence-electron chi connectivity index (χ3n) is 4.43. The van der Waals surface area contributed by atoms with Crippen LogP contribution in [0.2, 0.25) is 10.0 Å². The zero-order chi connectivity index (χ0) is 16.7. The number of nitrogens with zero attached hydrogens (tertiary/aromatic N) is 3. The molecule has 6 heteroatoms. The highest BCUT2D eigenvalue weighted by molar-refractivity contribution is 6.35. The number of aryl methyl sites for hydroxylation is 1. The first-order chi connectivity index (χ1) is 11.6. The number of fused-ring (bicyclic) bond motifs is 1. The molecule has 122 valence electrons. The lowest BCUT2D eigenvalue weighted by atomic mass is 9.93. The van der Waals surface area contributed by atoms with Gasteiger partial charge in [0.1, 0.15) is 6.33 Å². The van der Waals surface area contributed by atoms with E-state index in [-0.39, 0.29) is 12.1 Å². The third kappa shape index (κ3) is 2.76. The summed E-state index contributed by atoms with van der Waals surface area (Å²) < 4.78 is 1.89. The topological polar surface area (TPSA) is 42.7 Å². The molecule has 4 nitrogen and oxygen atoms in total. The number of benzene rings is 2. The molecular formula is C18H16Cl2N4. The van der Waals surface area contributed by atoms with Crippen LogP contribution in [0.25, 0.3) is 0 Å². The van der Waals surface area contributed by atoms with Crippen LogP contribution in [0.1, 0.15) is 35.2 Å². The van der Waals surface area contributed by atoms with Gasteiger partial charge in [0.25, 0.3) is 0 Å². The number of nitrogens with one attached hydrogen (secondary N) is 1. The van der Waals surface area contributed by atoms with Crippen molar-refractivity contribution < 1.29 is 0 Å². The highest BCUT2D eigenvalue weighted by Gasteiger charge is 2.31. The summed E-state index contributed by atoms with van der Waals surface area (Å²) >= 11 is 12.5. The first kappa shape index (κ1) is 15.5. The Labute approximate surface area is 150 Å². The largest absolute Gasteiger partial charge is 0.348 e. The summed E-state index contributed by atoms with van der Waals surface area (Å²) in [5.74, 6) is 0.753. The number of rotatable bonds is 2. The molecule has 2 heterocycles. The van der Waals surface area contributed by atoms with Gasteiger partial charge in [-0.2, -0.15) is 10.1 Å². The van der Waals surface area contributed by atoms with Crippen LogP contribution in [-0.4, -0.2) is 14.8 Å². The van der Waals surface area contributed by atoms with Gasteiger partial charge in [-0.1, -0.05) is 59.1 Å². The van der Waals surface area contributed by atoms with Crippen LogP contribution < -0.4 is 5.32 Å². The Morgan fingerprint density at radius 1 is 1.12 bits per heavy atom. The summed E-state index contributed by atoms with van der Waals surface area (Å²) in [6.07, 6.45) is 2.40. The van der Waals surface area contributed by atoms with Crippen molar-refractivity contribution in [1.82, 2.24) is 14.8 Å². The Morgan fingerprint density at radius 2 is 1.92 bits per heavy atom. The van der Waals surface area contributed by atoms with Crippen molar-refractivity contribution in [3.63, 3.8) is 0 Å². The average molecular weight is 359 g/mol. The minimum atomic E-state index is 0.0137. The standard InChI is InChI=1S/C18H16Cl2N4/c1-11-2-4-12(5-3-11)16-9-17(24-18(23-16)21-10-22-24)14-7-6-13(19)8-15(14)20/h2-8,10,16-17H,9H2,1H3,(H,21,22,23)/t16-,17-/m0/s1. The van der Waals surface area contributed by atoms with Crippen LogP contribution in [0.15, 0.2) is 48.8 Å². The zero-order valence-electron chi connectivity index (χ0n) is 13.1. The normalized spacial score (nSPS) is 19.6. The quantitative estimate of drug-likeness (QED) is 0.697. The fourth-order valence-electron chi connectivity index (χ4n) is 3.17. The fourth-order valence-corrected chi connectivity index (χ4v) is 3.70. The molecule has 0 spiro atoms. The number of hydrogen-bond donors (Lipinski definition) is 1. The molecule has 0 saturated heterocycles. The minimum absolute atomic E-state index is 0.0137. The second-order valence-electron chi connectivity index (χ2n) is 6.05. The molecule has 1 N–H and O–H groups in total. The summed E-state index contributed by atoms with van der Waals surface area (Å²) in [5.41, 5.74) is 3.48. The van der Waals surface area contributed by atoms with Crippen LogP contribution in [0.5, 0.6) is 0 Å². The van der Waals surface area contributed by atoms with Crippen LogP contribution in [0, 0.1) is 6.92 Å². The van der Waals surface area contributed by atoms with Gasteiger partial charge in [0.2, 0.25) is 5.95 Å². The van der Waals surface area contributed by atoms with E-state index in [1.165, 1.54) is 11.1 Å². The van der Waals surface area contributed by atoms with E-state index >= 15 is 0 Å². The van der Waals surface area contributed by atoms with Crippen LogP contribution in [-0.2, 0) is 0 Å². The van der Waals surface area contributed by atoms with Gasteiger partial charge in [0.15, 0.2) is 0 Å². The molecule has 0 radical (unpaired) electrons. The monoisotopic (exact) mass is 358 g/mol. The predicted molar refractivity (Wildman–Crippen MR) is 96.8 cm³/mol. The molecule has 0 saturated carbocycles. The van der Waals surface area contributed by atoms with Crippen LogP contribution >= 0.6 is 23.2 Å². The molecule has 1 aromatic heterocycles. The Bertz CT molecular complexity index is 873. The zero-order valence-corrected chi connectivity index (χ0v) is 14.6. The van der Waals surface area contributed by atoms with E-state index < -0.39 is 0 Å². The van der Waals surface area contributed by atoms with Gasteiger partial charge in [0.05, 0.1) is 12.1 Å². The van der Waals surface area contributed by atoms with E-state index in [1.807, 2.05) is 16.8 Å². The maximum Gasteiger partial charge on any atom is 0.222 e. The number of anilines is 1. The highest BCUT2D eigenvalue weighted by atomic mass is 35.5. The van der Waals surface area contributed by atoms with Crippen molar-refractivity contribution in [1.29, 1.82) is 0 Å². The molecule has 0 aliphatic carbocycles. The van der Waals surface area contributed by atoms with Crippen molar-refractivity contribution in [3.05, 3.63) is 75.5 Å². The molecule has 3 aromatic rings. The molecule has 1 aliphatic rings. The smallest absolute Gasteiger partial charge is 0.222 e. The second-order valence-corrected chi connectivity index (χ2v) is 6.90. The van der Waals surface area contributed by atoms with Crippen molar-refractivity contribution in [3.8, 4) is 0 Å². The summed E-state index contributed by atoms with van der Waals surface area (Å²) in [5, 5.41) is 9.12. The van der Waals surface area contributed by atoms with E-state index in [0.717, 1.165) is 17.9 Å². The molecule has 1 aliphatic heterocycles. The van der Waals surface area contributed by atoms with Crippen LogP contribution in [0.3, 0.4) is 0 Å². The van der Waals surface area contributed by atoms with E-state index in [2.05, 4.69) is 46.6 Å². The van der Waals surface area contributed by atoms with Gasteiger partial charge in [0, 0.05) is 10.0 Å². The average Bonchev–Trinajstić information content (AvgIpc) is 3.03. The first-order valence-electron chi connectivity index (χ1n) is 7.79. The van der Waals surface area contributed by atoms with E-state index in [0.29, 0.717) is 10.0 Å². The Kier molecular flexibility index (Phi) is 3.94. The van der Waals surface area contributed by atoms with E-state index in [4.69, 9.17) is 23.2 Å². The fraction of sp³-hybridized carbons (Fsp3) is 0.222.